The van der Waals surface area contributed by atoms with E-state index in [9.17, 15) is 0 Å². The molecule has 1 atom stereocenters. The van der Waals surface area contributed by atoms with Gasteiger partial charge >= 0.3 is 0 Å². The molecule has 146 valence electrons. The standard InChI is InChI=1S/C22H22N6O/c1-29-22-19(3-2-9-24-22)14-27-12-8-18(13-27)21-25-20-5-4-17(15-28(20)26-21)16-6-10-23-11-7-16/h2-7,9-11,15,18H,8,12-14H2,1H3/t18-/m0/s1. The Balaban J connectivity index is 1.33. The maximum atomic E-state index is 5.38. The number of likely N-dealkylation sites (tertiary alicyclic amines) is 1. The Hall–Kier alpha value is -3.32. The van der Waals surface area contributed by atoms with E-state index in [2.05, 4.69) is 27.0 Å². The molecule has 0 saturated carbocycles. The van der Waals surface area contributed by atoms with Crippen LogP contribution in [0.5, 0.6) is 5.88 Å². The van der Waals surface area contributed by atoms with E-state index < -0.39 is 0 Å². The molecule has 1 aliphatic rings. The lowest BCUT2D eigenvalue weighted by atomic mass is 10.1. The predicted molar refractivity (Wildman–Crippen MR) is 110 cm³/mol. The van der Waals surface area contributed by atoms with Gasteiger partial charge in [-0.05, 0) is 48.9 Å². The zero-order valence-corrected chi connectivity index (χ0v) is 16.3. The number of fused-ring (bicyclic) bond motifs is 1. The summed E-state index contributed by atoms with van der Waals surface area (Å²) in [5, 5.41) is 4.78. The van der Waals surface area contributed by atoms with Crippen LogP contribution >= 0.6 is 0 Å². The number of aromatic nitrogens is 5. The minimum absolute atomic E-state index is 0.335. The highest BCUT2D eigenvalue weighted by atomic mass is 16.5. The molecule has 0 aliphatic carbocycles. The van der Waals surface area contributed by atoms with Gasteiger partial charge in [-0.2, -0.15) is 5.10 Å². The van der Waals surface area contributed by atoms with Gasteiger partial charge in [-0.3, -0.25) is 9.88 Å². The quantitative estimate of drug-likeness (QED) is 0.525. The summed E-state index contributed by atoms with van der Waals surface area (Å²) >= 11 is 0. The molecule has 0 spiro atoms. The van der Waals surface area contributed by atoms with Crippen LogP contribution in [0.3, 0.4) is 0 Å². The first-order valence-electron chi connectivity index (χ1n) is 9.77. The van der Waals surface area contributed by atoms with E-state index in [1.807, 2.05) is 35.0 Å². The SMILES string of the molecule is COc1ncccc1CN1CC[C@H](c2nc3ccc(-c4ccncc4)cn3n2)C1. The summed E-state index contributed by atoms with van der Waals surface area (Å²) in [6.45, 7) is 2.78. The fourth-order valence-corrected chi connectivity index (χ4v) is 3.94. The number of hydrogen-bond donors (Lipinski definition) is 0. The summed E-state index contributed by atoms with van der Waals surface area (Å²) in [4.78, 5) is 15.6. The third-order valence-corrected chi connectivity index (χ3v) is 5.44. The van der Waals surface area contributed by atoms with Gasteiger partial charge in [0.2, 0.25) is 5.88 Å². The number of hydrogen-bond acceptors (Lipinski definition) is 6. The molecule has 5 heterocycles. The smallest absolute Gasteiger partial charge is 0.217 e. The summed E-state index contributed by atoms with van der Waals surface area (Å²) in [5.74, 6) is 1.95. The van der Waals surface area contributed by atoms with E-state index in [1.54, 1.807) is 25.7 Å². The summed E-state index contributed by atoms with van der Waals surface area (Å²) in [6, 6.07) is 12.1. The Morgan fingerprint density at radius 3 is 2.83 bits per heavy atom. The number of nitrogens with zero attached hydrogens (tertiary/aromatic N) is 6. The summed E-state index contributed by atoms with van der Waals surface area (Å²) in [6.07, 6.45) is 8.45. The monoisotopic (exact) mass is 386 g/mol. The van der Waals surface area contributed by atoms with Gasteiger partial charge < -0.3 is 4.74 Å². The van der Waals surface area contributed by atoms with Crippen LogP contribution in [0, 0.1) is 0 Å². The average Bonchev–Trinajstić information content (AvgIpc) is 3.41. The number of methoxy groups -OCH3 is 1. The molecule has 0 amide bonds. The largest absolute Gasteiger partial charge is 0.481 e. The third kappa shape index (κ3) is 3.56. The Morgan fingerprint density at radius 2 is 1.97 bits per heavy atom. The number of rotatable bonds is 5. The second kappa shape index (κ2) is 7.60. The van der Waals surface area contributed by atoms with Crippen molar-refractivity contribution in [1.82, 2.24) is 29.5 Å². The molecule has 4 aromatic rings. The van der Waals surface area contributed by atoms with Gasteiger partial charge in [0.15, 0.2) is 11.5 Å². The molecule has 0 radical (unpaired) electrons. The molecule has 0 unspecified atom stereocenters. The van der Waals surface area contributed by atoms with Gasteiger partial charge in [-0.15, -0.1) is 0 Å². The maximum Gasteiger partial charge on any atom is 0.217 e. The van der Waals surface area contributed by atoms with Crippen molar-refractivity contribution in [3.63, 3.8) is 0 Å². The highest BCUT2D eigenvalue weighted by molar-refractivity contribution is 5.63. The van der Waals surface area contributed by atoms with E-state index in [-0.39, 0.29) is 0 Å². The van der Waals surface area contributed by atoms with Gasteiger partial charge in [-0.1, -0.05) is 6.07 Å². The fourth-order valence-electron chi connectivity index (χ4n) is 3.94. The molecule has 0 N–H and O–H groups in total. The van der Waals surface area contributed by atoms with E-state index in [4.69, 9.17) is 14.8 Å². The van der Waals surface area contributed by atoms with Crippen LogP contribution < -0.4 is 4.74 Å². The van der Waals surface area contributed by atoms with Crippen molar-refractivity contribution in [2.75, 3.05) is 20.2 Å². The third-order valence-electron chi connectivity index (χ3n) is 5.44. The average molecular weight is 386 g/mol. The van der Waals surface area contributed by atoms with Crippen molar-refractivity contribution >= 4 is 5.65 Å². The van der Waals surface area contributed by atoms with Crippen molar-refractivity contribution in [3.8, 4) is 17.0 Å². The molecule has 0 bridgehead atoms. The van der Waals surface area contributed by atoms with E-state index >= 15 is 0 Å². The van der Waals surface area contributed by atoms with Crippen molar-refractivity contribution in [1.29, 1.82) is 0 Å². The zero-order chi connectivity index (χ0) is 19.6. The van der Waals surface area contributed by atoms with Crippen molar-refractivity contribution in [2.24, 2.45) is 0 Å². The molecule has 1 fully saturated rings. The van der Waals surface area contributed by atoms with Crippen LogP contribution in [-0.2, 0) is 6.54 Å². The topological polar surface area (TPSA) is 68.4 Å². The lowest BCUT2D eigenvalue weighted by Crippen LogP contribution is -2.20. The second-order valence-electron chi connectivity index (χ2n) is 7.32. The van der Waals surface area contributed by atoms with Crippen LogP contribution in [0.15, 0.2) is 61.2 Å². The van der Waals surface area contributed by atoms with Crippen LogP contribution in [0.25, 0.3) is 16.8 Å². The molecule has 4 aromatic heterocycles. The fraction of sp³-hybridized carbons (Fsp3) is 0.273. The van der Waals surface area contributed by atoms with Crippen LogP contribution in [-0.4, -0.2) is 49.7 Å². The molecular formula is C22H22N6O. The van der Waals surface area contributed by atoms with E-state index in [0.717, 1.165) is 54.2 Å². The Morgan fingerprint density at radius 1 is 1.07 bits per heavy atom. The molecule has 7 nitrogen and oxygen atoms in total. The van der Waals surface area contributed by atoms with Gasteiger partial charge in [0.25, 0.3) is 0 Å². The highest BCUT2D eigenvalue weighted by Crippen LogP contribution is 2.28. The summed E-state index contributed by atoms with van der Waals surface area (Å²) in [7, 11) is 1.67. The van der Waals surface area contributed by atoms with Gasteiger partial charge in [-0.25, -0.2) is 14.5 Å². The van der Waals surface area contributed by atoms with Crippen molar-refractivity contribution in [2.45, 2.75) is 18.9 Å². The summed E-state index contributed by atoms with van der Waals surface area (Å²) in [5.41, 5.74) is 4.22. The van der Waals surface area contributed by atoms with Gasteiger partial charge in [0.1, 0.15) is 0 Å². The van der Waals surface area contributed by atoms with E-state index in [0.29, 0.717) is 11.8 Å². The van der Waals surface area contributed by atoms with E-state index in [1.165, 1.54) is 0 Å². The minimum atomic E-state index is 0.335. The molecule has 29 heavy (non-hydrogen) atoms. The molecule has 7 heteroatoms. The Bertz CT molecular complexity index is 1130. The first-order valence-corrected chi connectivity index (χ1v) is 9.77. The van der Waals surface area contributed by atoms with Crippen molar-refractivity contribution in [3.05, 3.63) is 72.6 Å². The minimum Gasteiger partial charge on any atom is -0.481 e. The molecule has 1 saturated heterocycles. The molecule has 5 rings (SSSR count). The lowest BCUT2D eigenvalue weighted by Gasteiger charge is -2.16. The van der Waals surface area contributed by atoms with Crippen molar-refractivity contribution < 1.29 is 4.74 Å². The highest BCUT2D eigenvalue weighted by Gasteiger charge is 2.27. The summed E-state index contributed by atoms with van der Waals surface area (Å²) < 4.78 is 7.27. The van der Waals surface area contributed by atoms with Crippen LogP contribution in [0.2, 0.25) is 0 Å². The number of pyridine rings is 3. The Labute approximate surface area is 169 Å². The Kier molecular flexibility index (Phi) is 4.65. The molecule has 1 aliphatic heterocycles. The van der Waals surface area contributed by atoms with Gasteiger partial charge in [0.05, 0.1) is 7.11 Å². The maximum absolute atomic E-state index is 5.38. The second-order valence-corrected chi connectivity index (χ2v) is 7.32. The first kappa shape index (κ1) is 17.8. The zero-order valence-electron chi connectivity index (χ0n) is 16.3. The molecule has 0 aromatic carbocycles. The van der Waals surface area contributed by atoms with Gasteiger partial charge in [0, 0.05) is 54.9 Å². The predicted octanol–water partition coefficient (Wildman–Crippen LogP) is 3.18. The van der Waals surface area contributed by atoms with Crippen LogP contribution in [0.1, 0.15) is 23.7 Å². The van der Waals surface area contributed by atoms with Crippen LogP contribution in [0.4, 0.5) is 0 Å². The number of ether oxygens (including phenoxy) is 1. The normalized spacial score (nSPS) is 17.1. The molecular weight excluding hydrogens is 364 g/mol. The first-order chi connectivity index (χ1) is 14.3. The lowest BCUT2D eigenvalue weighted by molar-refractivity contribution is 0.313.